The van der Waals surface area contributed by atoms with Gasteiger partial charge in [-0.3, -0.25) is 4.79 Å². The Balaban J connectivity index is 2.21. The van der Waals surface area contributed by atoms with Gasteiger partial charge in [0.1, 0.15) is 0 Å². The summed E-state index contributed by atoms with van der Waals surface area (Å²) in [7, 11) is 0. The lowest BCUT2D eigenvalue weighted by molar-refractivity contribution is -0.118. The highest BCUT2D eigenvalue weighted by atomic mass is 79.9. The smallest absolute Gasteiger partial charge is 0.335 e. The van der Waals surface area contributed by atoms with Gasteiger partial charge >= 0.3 is 5.97 Å². The van der Waals surface area contributed by atoms with Gasteiger partial charge in [0, 0.05) is 10.4 Å². The Morgan fingerprint density at radius 1 is 1.20 bits per heavy atom. The molecular formula is C15H18BrNO3. The zero-order valence-electron chi connectivity index (χ0n) is 12.0. The first-order valence-corrected chi connectivity index (χ1v) is 7.22. The maximum absolute atomic E-state index is 12.4. The Kier molecular flexibility index (Phi) is 3.45. The Labute approximate surface area is 126 Å². The monoisotopic (exact) mass is 339 g/mol. The highest BCUT2D eigenvalue weighted by Gasteiger charge is 2.68. The van der Waals surface area contributed by atoms with Crippen molar-refractivity contribution in [2.24, 2.45) is 16.7 Å². The molecule has 5 heteroatoms. The zero-order chi connectivity index (χ0) is 15.3. The fraction of sp³-hybridized carbons (Fsp3) is 0.467. The van der Waals surface area contributed by atoms with Crippen LogP contribution in [0.3, 0.4) is 0 Å². The summed E-state index contributed by atoms with van der Waals surface area (Å²) < 4.78 is 0.673. The Bertz CT molecular complexity index is 579. The summed E-state index contributed by atoms with van der Waals surface area (Å²) in [5.74, 6) is -1.15. The lowest BCUT2D eigenvalue weighted by Crippen LogP contribution is -2.18. The van der Waals surface area contributed by atoms with E-state index >= 15 is 0 Å². The van der Waals surface area contributed by atoms with Gasteiger partial charge in [-0.15, -0.1) is 0 Å². The number of aromatic carboxylic acids is 1. The molecule has 1 saturated carbocycles. The van der Waals surface area contributed by atoms with Crippen LogP contribution in [0.2, 0.25) is 0 Å². The van der Waals surface area contributed by atoms with Crippen LogP contribution in [-0.2, 0) is 4.79 Å². The largest absolute Gasteiger partial charge is 0.478 e. The van der Waals surface area contributed by atoms with E-state index in [-0.39, 0.29) is 28.2 Å². The van der Waals surface area contributed by atoms with Crippen LogP contribution in [0.25, 0.3) is 0 Å². The molecule has 0 saturated heterocycles. The number of hydrogen-bond acceptors (Lipinski definition) is 2. The molecular weight excluding hydrogens is 322 g/mol. The summed E-state index contributed by atoms with van der Waals surface area (Å²) >= 11 is 3.33. The van der Waals surface area contributed by atoms with Gasteiger partial charge in [-0.05, 0) is 45.0 Å². The minimum atomic E-state index is -1.01. The third-order valence-electron chi connectivity index (χ3n) is 4.75. The number of benzene rings is 1. The number of hydrogen-bond donors (Lipinski definition) is 2. The molecule has 0 spiro atoms. The van der Waals surface area contributed by atoms with Gasteiger partial charge in [0.2, 0.25) is 5.91 Å². The molecule has 4 nitrogen and oxygen atoms in total. The first-order chi connectivity index (χ1) is 9.09. The summed E-state index contributed by atoms with van der Waals surface area (Å²) in [4.78, 5) is 23.3. The number of carboxylic acid groups (broad SMARTS) is 1. The number of amides is 1. The first kappa shape index (κ1) is 15.0. The average Bonchev–Trinajstić information content (AvgIpc) is 2.72. The first-order valence-electron chi connectivity index (χ1n) is 6.42. The second kappa shape index (κ2) is 4.58. The lowest BCUT2D eigenvalue weighted by Gasteiger charge is -2.09. The highest BCUT2D eigenvalue weighted by Crippen LogP contribution is 2.68. The summed E-state index contributed by atoms with van der Waals surface area (Å²) in [6.07, 6.45) is 0. The maximum Gasteiger partial charge on any atom is 0.335 e. The molecule has 1 aromatic carbocycles. The summed E-state index contributed by atoms with van der Waals surface area (Å²) in [5.41, 5.74) is 0.549. The predicted octanol–water partition coefficient (Wildman–Crippen LogP) is 3.77. The molecule has 0 unspecified atom stereocenters. The van der Waals surface area contributed by atoms with E-state index in [2.05, 4.69) is 48.9 Å². The minimum absolute atomic E-state index is 0.0477. The standard InChI is InChI=1S/C15H18BrNO3/c1-14(2)11(15(14,3)4)12(18)17-10-7-8(13(19)20)5-6-9(10)16/h5-7,11H,1-4H3,(H,17,18)(H,19,20). The van der Waals surface area contributed by atoms with Crippen LogP contribution in [0, 0.1) is 16.7 Å². The fourth-order valence-corrected chi connectivity index (χ4v) is 3.16. The summed E-state index contributed by atoms with van der Waals surface area (Å²) in [5, 5.41) is 11.8. The zero-order valence-corrected chi connectivity index (χ0v) is 13.5. The normalized spacial score (nSPS) is 19.4. The number of carbonyl (C=O) groups is 2. The van der Waals surface area contributed by atoms with Crippen molar-refractivity contribution in [2.45, 2.75) is 27.7 Å². The van der Waals surface area contributed by atoms with Crippen molar-refractivity contribution in [3.05, 3.63) is 28.2 Å². The van der Waals surface area contributed by atoms with Gasteiger partial charge in [0.05, 0.1) is 11.3 Å². The van der Waals surface area contributed by atoms with Crippen LogP contribution in [0.15, 0.2) is 22.7 Å². The van der Waals surface area contributed by atoms with Gasteiger partial charge in [-0.1, -0.05) is 27.7 Å². The number of rotatable bonds is 3. The van der Waals surface area contributed by atoms with E-state index in [0.29, 0.717) is 10.2 Å². The molecule has 1 fully saturated rings. The molecule has 0 heterocycles. The maximum atomic E-state index is 12.4. The summed E-state index contributed by atoms with van der Waals surface area (Å²) in [6.45, 7) is 8.28. The van der Waals surface area contributed by atoms with Gasteiger partial charge < -0.3 is 10.4 Å². The SMILES string of the molecule is CC1(C)C(C(=O)Nc2cc(C(=O)O)ccc2Br)C1(C)C. The number of carbonyl (C=O) groups excluding carboxylic acids is 1. The third-order valence-corrected chi connectivity index (χ3v) is 5.45. The molecule has 20 heavy (non-hydrogen) atoms. The second-order valence-electron chi connectivity index (χ2n) is 6.37. The molecule has 108 valence electrons. The molecule has 0 aliphatic heterocycles. The van der Waals surface area contributed by atoms with Crippen molar-refractivity contribution < 1.29 is 14.7 Å². The van der Waals surface area contributed by atoms with E-state index < -0.39 is 5.97 Å². The molecule has 0 atom stereocenters. The molecule has 0 bridgehead atoms. The number of anilines is 1. The number of carboxylic acids is 1. The van der Waals surface area contributed by atoms with Crippen molar-refractivity contribution in [1.82, 2.24) is 0 Å². The molecule has 1 aliphatic carbocycles. The van der Waals surface area contributed by atoms with Gasteiger partial charge in [0.15, 0.2) is 0 Å². The lowest BCUT2D eigenvalue weighted by atomic mass is 10.0. The van der Waals surface area contributed by atoms with E-state index in [4.69, 9.17) is 5.11 Å². The van der Waals surface area contributed by atoms with Crippen molar-refractivity contribution >= 4 is 33.5 Å². The second-order valence-corrected chi connectivity index (χ2v) is 7.22. The van der Waals surface area contributed by atoms with Crippen LogP contribution in [-0.4, -0.2) is 17.0 Å². The topological polar surface area (TPSA) is 66.4 Å². The highest BCUT2D eigenvalue weighted by molar-refractivity contribution is 9.10. The molecule has 2 rings (SSSR count). The molecule has 1 aliphatic rings. The van der Waals surface area contributed by atoms with Crippen molar-refractivity contribution in [3.8, 4) is 0 Å². The van der Waals surface area contributed by atoms with E-state index in [1.165, 1.54) is 12.1 Å². The van der Waals surface area contributed by atoms with Crippen LogP contribution in [0.5, 0.6) is 0 Å². The van der Waals surface area contributed by atoms with E-state index in [9.17, 15) is 9.59 Å². The Morgan fingerprint density at radius 3 is 2.20 bits per heavy atom. The number of nitrogens with one attached hydrogen (secondary N) is 1. The van der Waals surface area contributed by atoms with Crippen molar-refractivity contribution in [3.63, 3.8) is 0 Å². The molecule has 1 aromatic rings. The van der Waals surface area contributed by atoms with E-state index in [1.807, 2.05) is 0 Å². The Hall–Kier alpha value is -1.36. The minimum Gasteiger partial charge on any atom is -0.478 e. The number of halogens is 1. The average molecular weight is 340 g/mol. The summed E-state index contributed by atoms with van der Waals surface area (Å²) in [6, 6.07) is 4.59. The van der Waals surface area contributed by atoms with Gasteiger partial charge in [0.25, 0.3) is 0 Å². The van der Waals surface area contributed by atoms with Crippen LogP contribution < -0.4 is 5.32 Å². The predicted molar refractivity (Wildman–Crippen MR) is 80.8 cm³/mol. The van der Waals surface area contributed by atoms with E-state index in [0.717, 1.165) is 0 Å². The molecule has 0 radical (unpaired) electrons. The fourth-order valence-electron chi connectivity index (χ4n) is 2.81. The van der Waals surface area contributed by atoms with Crippen LogP contribution >= 0.6 is 15.9 Å². The molecule has 0 aromatic heterocycles. The third kappa shape index (κ3) is 2.24. The van der Waals surface area contributed by atoms with Crippen LogP contribution in [0.1, 0.15) is 38.1 Å². The molecule has 2 N–H and O–H groups in total. The molecule has 1 amide bonds. The quantitative estimate of drug-likeness (QED) is 0.880. The van der Waals surface area contributed by atoms with Crippen molar-refractivity contribution in [1.29, 1.82) is 0 Å². The van der Waals surface area contributed by atoms with Crippen LogP contribution in [0.4, 0.5) is 5.69 Å². The van der Waals surface area contributed by atoms with E-state index in [1.54, 1.807) is 6.07 Å². The van der Waals surface area contributed by atoms with Crippen molar-refractivity contribution in [2.75, 3.05) is 5.32 Å². The van der Waals surface area contributed by atoms with Gasteiger partial charge in [-0.25, -0.2) is 4.79 Å². The van der Waals surface area contributed by atoms with Gasteiger partial charge in [-0.2, -0.15) is 0 Å². The Morgan fingerprint density at radius 2 is 1.75 bits per heavy atom.